The van der Waals surface area contributed by atoms with Crippen LogP contribution in [-0.4, -0.2) is 16.6 Å². The third-order valence-corrected chi connectivity index (χ3v) is 1.05. The maximum absolute atomic E-state index is 10.2. The molecule has 3 nitrogen and oxygen atoms in total. The van der Waals surface area contributed by atoms with E-state index in [2.05, 4.69) is 13.2 Å². The maximum atomic E-state index is 10.2. The molecule has 0 unspecified atom stereocenters. The van der Waals surface area contributed by atoms with Crippen molar-refractivity contribution in [2.24, 2.45) is 5.73 Å². The lowest BCUT2D eigenvalue weighted by Crippen LogP contribution is -2.43. The number of rotatable bonds is 3. The summed E-state index contributed by atoms with van der Waals surface area (Å²) in [7, 11) is 0. The van der Waals surface area contributed by atoms with Gasteiger partial charge in [-0.1, -0.05) is 12.2 Å². The van der Waals surface area contributed by atoms with Gasteiger partial charge >= 0.3 is 5.97 Å². The van der Waals surface area contributed by atoms with Crippen LogP contribution in [-0.2, 0) is 4.79 Å². The highest BCUT2D eigenvalue weighted by Gasteiger charge is 2.25. The summed E-state index contributed by atoms with van der Waals surface area (Å²) in [6, 6.07) is 0. The van der Waals surface area contributed by atoms with E-state index >= 15 is 0 Å². The van der Waals surface area contributed by atoms with Crippen LogP contribution < -0.4 is 5.73 Å². The van der Waals surface area contributed by atoms with Crippen molar-refractivity contribution in [1.82, 2.24) is 0 Å². The Hall–Kier alpha value is -1.09. The van der Waals surface area contributed by atoms with E-state index in [1.807, 2.05) is 0 Å². The van der Waals surface area contributed by atoms with Crippen LogP contribution in [0.15, 0.2) is 25.3 Å². The van der Waals surface area contributed by atoms with Gasteiger partial charge in [-0.15, -0.1) is 13.2 Å². The molecule has 0 aliphatic carbocycles. The van der Waals surface area contributed by atoms with Crippen LogP contribution in [0, 0.1) is 0 Å². The molecular weight excluding hydrogens is 118 g/mol. The molecule has 0 heterocycles. The molecule has 0 aromatic rings. The summed E-state index contributed by atoms with van der Waals surface area (Å²) in [4.78, 5) is 10.2. The molecule has 0 atom stereocenters. The summed E-state index contributed by atoms with van der Waals surface area (Å²) in [6.07, 6.45) is 2.25. The smallest absolute Gasteiger partial charge is 0.331 e. The number of hydrogen-bond donors (Lipinski definition) is 2. The Morgan fingerprint density at radius 2 is 1.89 bits per heavy atom. The van der Waals surface area contributed by atoms with Crippen molar-refractivity contribution in [3.05, 3.63) is 25.3 Å². The molecule has 0 saturated carbocycles. The van der Waals surface area contributed by atoms with Crippen molar-refractivity contribution in [2.75, 3.05) is 0 Å². The van der Waals surface area contributed by atoms with Crippen LogP contribution in [0.5, 0.6) is 0 Å². The van der Waals surface area contributed by atoms with Gasteiger partial charge in [-0.3, -0.25) is 0 Å². The van der Waals surface area contributed by atoms with Crippen LogP contribution in [0.1, 0.15) is 0 Å². The average Bonchev–Trinajstić information content (AvgIpc) is 1.86. The van der Waals surface area contributed by atoms with Crippen molar-refractivity contribution in [3.63, 3.8) is 0 Å². The fourth-order valence-corrected chi connectivity index (χ4v) is 0.258. The van der Waals surface area contributed by atoms with Gasteiger partial charge in [0, 0.05) is 0 Å². The Kier molecular flexibility index (Phi) is 2.16. The highest BCUT2D eigenvalue weighted by molar-refractivity contribution is 5.83. The van der Waals surface area contributed by atoms with Gasteiger partial charge in [-0.2, -0.15) is 0 Å². The first kappa shape index (κ1) is 7.91. The second-order valence-corrected chi connectivity index (χ2v) is 1.65. The Labute approximate surface area is 53.5 Å². The molecule has 0 aromatic heterocycles. The summed E-state index contributed by atoms with van der Waals surface area (Å²) in [5.41, 5.74) is 3.73. The molecule has 0 fully saturated rings. The van der Waals surface area contributed by atoms with Gasteiger partial charge in [0.15, 0.2) is 5.54 Å². The van der Waals surface area contributed by atoms with Gasteiger partial charge in [0.1, 0.15) is 0 Å². The summed E-state index contributed by atoms with van der Waals surface area (Å²) in [5, 5.41) is 8.36. The molecule has 0 bridgehead atoms. The van der Waals surface area contributed by atoms with Gasteiger partial charge in [0.2, 0.25) is 0 Å². The minimum Gasteiger partial charge on any atom is -0.479 e. The van der Waals surface area contributed by atoms with Crippen molar-refractivity contribution in [2.45, 2.75) is 5.54 Å². The van der Waals surface area contributed by atoms with E-state index in [9.17, 15) is 4.79 Å². The minimum atomic E-state index is -1.47. The van der Waals surface area contributed by atoms with Crippen molar-refractivity contribution < 1.29 is 9.90 Å². The van der Waals surface area contributed by atoms with Gasteiger partial charge in [-0.05, 0) is 0 Å². The number of nitrogens with two attached hydrogens (primary N) is 1. The van der Waals surface area contributed by atoms with E-state index in [-0.39, 0.29) is 0 Å². The molecule has 0 amide bonds. The first-order valence-corrected chi connectivity index (χ1v) is 2.36. The first-order valence-electron chi connectivity index (χ1n) is 2.36. The zero-order chi connectivity index (χ0) is 7.49. The van der Waals surface area contributed by atoms with E-state index in [4.69, 9.17) is 10.8 Å². The lowest BCUT2D eigenvalue weighted by atomic mass is 10.0. The Morgan fingerprint density at radius 1 is 1.56 bits per heavy atom. The predicted molar refractivity (Wildman–Crippen MR) is 34.9 cm³/mol. The normalized spacial score (nSPS) is 10.3. The number of carbonyl (C=O) groups is 1. The predicted octanol–water partition coefficient (Wildman–Crippen LogP) is 0.140. The van der Waals surface area contributed by atoms with Crippen molar-refractivity contribution in [3.8, 4) is 0 Å². The van der Waals surface area contributed by atoms with Crippen LogP contribution in [0.25, 0.3) is 0 Å². The molecule has 3 N–H and O–H groups in total. The van der Waals surface area contributed by atoms with Gasteiger partial charge < -0.3 is 10.8 Å². The number of carboxylic acids is 1. The van der Waals surface area contributed by atoms with Gasteiger partial charge in [0.25, 0.3) is 0 Å². The molecule has 9 heavy (non-hydrogen) atoms. The number of hydrogen-bond acceptors (Lipinski definition) is 2. The largest absolute Gasteiger partial charge is 0.479 e. The topological polar surface area (TPSA) is 63.3 Å². The van der Waals surface area contributed by atoms with Crippen LogP contribution >= 0.6 is 0 Å². The molecule has 0 spiro atoms. The quantitative estimate of drug-likeness (QED) is 0.530. The highest BCUT2D eigenvalue weighted by atomic mass is 16.4. The lowest BCUT2D eigenvalue weighted by molar-refractivity contribution is -0.139. The van der Waals surface area contributed by atoms with E-state index in [1.165, 1.54) is 0 Å². The molecular formula is C6H9NO2. The van der Waals surface area contributed by atoms with E-state index in [0.717, 1.165) is 12.2 Å². The molecule has 0 radical (unpaired) electrons. The molecule has 3 heteroatoms. The average molecular weight is 127 g/mol. The molecule has 0 rings (SSSR count). The van der Waals surface area contributed by atoms with E-state index in [1.54, 1.807) is 0 Å². The Balaban J connectivity index is 4.46. The Morgan fingerprint density at radius 3 is 1.89 bits per heavy atom. The van der Waals surface area contributed by atoms with Crippen LogP contribution in [0.3, 0.4) is 0 Å². The monoisotopic (exact) mass is 127 g/mol. The summed E-state index contributed by atoms with van der Waals surface area (Å²) in [5.74, 6) is -1.15. The first-order chi connectivity index (χ1) is 4.06. The zero-order valence-electron chi connectivity index (χ0n) is 5.00. The second-order valence-electron chi connectivity index (χ2n) is 1.65. The zero-order valence-corrected chi connectivity index (χ0v) is 5.00. The third kappa shape index (κ3) is 1.40. The van der Waals surface area contributed by atoms with Crippen molar-refractivity contribution >= 4 is 5.97 Å². The number of carboxylic acid groups (broad SMARTS) is 1. The number of aliphatic carboxylic acids is 1. The SMILES string of the molecule is C=CC(N)(C=C)C(=O)O. The van der Waals surface area contributed by atoms with E-state index in [0.29, 0.717) is 0 Å². The molecule has 50 valence electrons. The van der Waals surface area contributed by atoms with Gasteiger partial charge in [-0.25, -0.2) is 4.79 Å². The second kappa shape index (κ2) is 2.46. The van der Waals surface area contributed by atoms with E-state index < -0.39 is 11.5 Å². The summed E-state index contributed by atoms with van der Waals surface area (Å²) >= 11 is 0. The van der Waals surface area contributed by atoms with Crippen LogP contribution in [0.2, 0.25) is 0 Å². The highest BCUT2D eigenvalue weighted by Crippen LogP contribution is 2.01. The fraction of sp³-hybridized carbons (Fsp3) is 0.167. The van der Waals surface area contributed by atoms with Crippen molar-refractivity contribution in [1.29, 1.82) is 0 Å². The van der Waals surface area contributed by atoms with Crippen LogP contribution in [0.4, 0.5) is 0 Å². The molecule has 0 aliphatic heterocycles. The minimum absolute atomic E-state index is 1.13. The standard InChI is InChI=1S/C6H9NO2/c1-3-6(7,4-2)5(8)9/h3-4H,1-2,7H2,(H,8,9). The molecule has 0 aliphatic rings. The summed E-state index contributed by atoms with van der Waals surface area (Å²) in [6.45, 7) is 6.50. The summed E-state index contributed by atoms with van der Waals surface area (Å²) < 4.78 is 0. The van der Waals surface area contributed by atoms with Gasteiger partial charge in [0.05, 0.1) is 0 Å². The molecule has 0 aromatic carbocycles. The molecule has 0 saturated heterocycles. The lowest BCUT2D eigenvalue weighted by Gasteiger charge is -2.13. The third-order valence-electron chi connectivity index (χ3n) is 1.05. The Bertz CT molecular complexity index is 143. The fourth-order valence-electron chi connectivity index (χ4n) is 0.258. The maximum Gasteiger partial charge on any atom is 0.331 e.